The van der Waals surface area contributed by atoms with Gasteiger partial charge in [-0.05, 0) is 29.8 Å². The van der Waals surface area contributed by atoms with E-state index in [-0.39, 0.29) is 0 Å². The Kier molecular flexibility index (Phi) is 2.74. The van der Waals surface area contributed by atoms with Gasteiger partial charge in [-0.15, -0.1) is 0 Å². The maximum absolute atomic E-state index is 4.50. The Hall–Kier alpha value is -1.96. The van der Waals surface area contributed by atoms with Crippen LogP contribution < -0.4 is 5.32 Å². The SMILES string of the molecule is CNc1nc(-n2nc(C)c(Br)c2C)c2cn[nH]c2n1. The fourth-order valence-corrected chi connectivity index (χ4v) is 2.17. The molecule has 0 saturated carbocycles. The third-order valence-corrected chi connectivity index (χ3v) is 4.06. The molecule has 3 aromatic rings. The van der Waals surface area contributed by atoms with E-state index in [2.05, 4.69) is 46.5 Å². The first-order chi connectivity index (χ1) is 9.11. The van der Waals surface area contributed by atoms with Crippen LogP contribution in [0.25, 0.3) is 16.9 Å². The summed E-state index contributed by atoms with van der Waals surface area (Å²) in [5.41, 5.74) is 2.58. The molecule has 0 saturated heterocycles. The number of hydrogen-bond acceptors (Lipinski definition) is 5. The van der Waals surface area contributed by atoms with Gasteiger partial charge in [-0.2, -0.15) is 20.2 Å². The Morgan fingerprint density at radius 1 is 1.32 bits per heavy atom. The number of anilines is 1. The van der Waals surface area contributed by atoms with Crippen LogP contribution in [0.3, 0.4) is 0 Å². The van der Waals surface area contributed by atoms with Crippen LogP contribution in [0.4, 0.5) is 5.95 Å². The Labute approximate surface area is 117 Å². The van der Waals surface area contributed by atoms with Gasteiger partial charge in [0.05, 0.1) is 27.4 Å². The molecule has 3 rings (SSSR count). The second-order valence-corrected chi connectivity index (χ2v) is 4.94. The maximum Gasteiger partial charge on any atom is 0.226 e. The molecule has 3 heterocycles. The van der Waals surface area contributed by atoms with Crippen LogP contribution in [0.15, 0.2) is 10.7 Å². The summed E-state index contributed by atoms with van der Waals surface area (Å²) in [6, 6.07) is 0. The quantitative estimate of drug-likeness (QED) is 0.753. The van der Waals surface area contributed by atoms with Crippen LogP contribution in [0.1, 0.15) is 11.4 Å². The molecule has 0 aliphatic rings. The number of nitrogens with zero attached hydrogens (tertiary/aromatic N) is 5. The monoisotopic (exact) mass is 321 g/mol. The minimum Gasteiger partial charge on any atom is -0.357 e. The van der Waals surface area contributed by atoms with Crippen molar-refractivity contribution < 1.29 is 0 Å². The molecule has 7 nitrogen and oxygen atoms in total. The van der Waals surface area contributed by atoms with Crippen LogP contribution >= 0.6 is 15.9 Å². The molecule has 0 spiro atoms. The molecule has 0 aliphatic heterocycles. The van der Waals surface area contributed by atoms with Gasteiger partial charge in [0.1, 0.15) is 0 Å². The van der Waals surface area contributed by atoms with Gasteiger partial charge in [0.15, 0.2) is 11.5 Å². The minimum atomic E-state index is 0.524. The number of rotatable bonds is 2. The van der Waals surface area contributed by atoms with Gasteiger partial charge in [0.2, 0.25) is 5.95 Å². The lowest BCUT2D eigenvalue weighted by atomic mass is 10.3. The molecule has 0 aromatic carbocycles. The Morgan fingerprint density at radius 2 is 2.11 bits per heavy atom. The molecular formula is C11H12BrN7. The molecule has 3 aromatic heterocycles. The van der Waals surface area contributed by atoms with Gasteiger partial charge in [0.25, 0.3) is 0 Å². The van der Waals surface area contributed by atoms with Crippen molar-refractivity contribution >= 4 is 32.9 Å². The predicted octanol–water partition coefficient (Wildman–Crippen LogP) is 1.96. The highest BCUT2D eigenvalue weighted by Crippen LogP contribution is 2.25. The van der Waals surface area contributed by atoms with Crippen LogP contribution in [0.2, 0.25) is 0 Å². The van der Waals surface area contributed by atoms with Crippen molar-refractivity contribution in [2.24, 2.45) is 0 Å². The first-order valence-corrected chi connectivity index (χ1v) is 6.52. The van der Waals surface area contributed by atoms with E-state index < -0.39 is 0 Å². The fourth-order valence-electron chi connectivity index (χ4n) is 1.92. The lowest BCUT2D eigenvalue weighted by Gasteiger charge is -2.06. The molecule has 0 aliphatic carbocycles. The molecule has 0 atom stereocenters. The zero-order chi connectivity index (χ0) is 13.6. The van der Waals surface area contributed by atoms with Gasteiger partial charge in [-0.25, -0.2) is 4.68 Å². The fraction of sp³-hybridized carbons (Fsp3) is 0.273. The smallest absolute Gasteiger partial charge is 0.226 e. The van der Waals surface area contributed by atoms with Crippen molar-refractivity contribution in [3.8, 4) is 5.82 Å². The van der Waals surface area contributed by atoms with Crippen LogP contribution in [-0.4, -0.2) is 37.0 Å². The van der Waals surface area contributed by atoms with Crippen molar-refractivity contribution in [2.75, 3.05) is 12.4 Å². The summed E-state index contributed by atoms with van der Waals surface area (Å²) < 4.78 is 2.77. The summed E-state index contributed by atoms with van der Waals surface area (Å²) in [6.07, 6.45) is 1.70. The first kappa shape index (κ1) is 12.1. The van der Waals surface area contributed by atoms with E-state index >= 15 is 0 Å². The van der Waals surface area contributed by atoms with Crippen LogP contribution in [-0.2, 0) is 0 Å². The number of aryl methyl sites for hydroxylation is 1. The highest BCUT2D eigenvalue weighted by Gasteiger charge is 2.16. The molecule has 98 valence electrons. The largest absolute Gasteiger partial charge is 0.357 e. The zero-order valence-electron chi connectivity index (χ0n) is 10.7. The molecule has 8 heteroatoms. The van der Waals surface area contributed by atoms with E-state index in [9.17, 15) is 0 Å². The number of aromatic amines is 1. The standard InChI is InChI=1S/C11H12BrN7/c1-5-8(12)6(2)19(18-5)10-7-4-14-17-9(7)15-11(13-3)16-10/h4H,1-3H3,(H2,13,14,15,16,17). The second-order valence-electron chi connectivity index (χ2n) is 4.15. The number of nitrogens with one attached hydrogen (secondary N) is 2. The number of fused-ring (bicyclic) bond motifs is 1. The highest BCUT2D eigenvalue weighted by molar-refractivity contribution is 9.10. The molecule has 0 amide bonds. The van der Waals surface area contributed by atoms with E-state index in [0.717, 1.165) is 21.2 Å². The van der Waals surface area contributed by atoms with Gasteiger partial charge in [0, 0.05) is 7.05 Å². The first-order valence-electron chi connectivity index (χ1n) is 5.72. The molecule has 0 bridgehead atoms. The molecular weight excluding hydrogens is 310 g/mol. The molecule has 0 unspecified atom stereocenters. The minimum absolute atomic E-state index is 0.524. The summed E-state index contributed by atoms with van der Waals surface area (Å²) in [7, 11) is 1.78. The lowest BCUT2D eigenvalue weighted by Crippen LogP contribution is -2.06. The van der Waals surface area contributed by atoms with E-state index in [0.29, 0.717) is 17.4 Å². The molecule has 0 fully saturated rings. The number of H-pyrrole nitrogens is 1. The maximum atomic E-state index is 4.50. The molecule has 19 heavy (non-hydrogen) atoms. The third kappa shape index (κ3) is 1.79. The van der Waals surface area contributed by atoms with Gasteiger partial charge < -0.3 is 5.32 Å². The summed E-state index contributed by atoms with van der Waals surface area (Å²) in [5.74, 6) is 1.23. The topological polar surface area (TPSA) is 84.3 Å². The normalized spacial score (nSPS) is 11.2. The van der Waals surface area contributed by atoms with Gasteiger partial charge in [-0.1, -0.05) is 0 Å². The predicted molar refractivity (Wildman–Crippen MR) is 75.5 cm³/mol. The average molecular weight is 322 g/mol. The number of aromatic nitrogens is 6. The second kappa shape index (κ2) is 4.30. The van der Waals surface area contributed by atoms with E-state index in [1.54, 1.807) is 17.9 Å². The summed E-state index contributed by atoms with van der Waals surface area (Å²) in [5, 5.41) is 15.1. The summed E-state index contributed by atoms with van der Waals surface area (Å²) in [4.78, 5) is 8.78. The van der Waals surface area contributed by atoms with E-state index in [4.69, 9.17) is 0 Å². The highest BCUT2D eigenvalue weighted by atomic mass is 79.9. The van der Waals surface area contributed by atoms with Gasteiger partial charge in [-0.3, -0.25) is 5.10 Å². The van der Waals surface area contributed by atoms with Crippen LogP contribution in [0, 0.1) is 13.8 Å². The van der Waals surface area contributed by atoms with E-state index in [1.807, 2.05) is 13.8 Å². The van der Waals surface area contributed by atoms with Crippen LogP contribution in [0.5, 0.6) is 0 Å². The Morgan fingerprint density at radius 3 is 2.74 bits per heavy atom. The molecule has 2 N–H and O–H groups in total. The van der Waals surface area contributed by atoms with Crippen molar-refractivity contribution in [3.63, 3.8) is 0 Å². The summed E-state index contributed by atoms with van der Waals surface area (Å²) >= 11 is 3.52. The van der Waals surface area contributed by atoms with Crippen molar-refractivity contribution in [1.29, 1.82) is 0 Å². The Bertz CT molecular complexity index is 758. The van der Waals surface area contributed by atoms with Crippen molar-refractivity contribution in [2.45, 2.75) is 13.8 Å². The van der Waals surface area contributed by atoms with Crippen molar-refractivity contribution in [3.05, 3.63) is 22.1 Å². The van der Waals surface area contributed by atoms with Crippen molar-refractivity contribution in [1.82, 2.24) is 29.9 Å². The average Bonchev–Trinajstić information content (AvgIpc) is 2.98. The van der Waals surface area contributed by atoms with Gasteiger partial charge >= 0.3 is 0 Å². The number of halogens is 1. The molecule has 0 radical (unpaired) electrons. The third-order valence-electron chi connectivity index (χ3n) is 2.92. The Balaban J connectivity index is 2.34. The lowest BCUT2D eigenvalue weighted by molar-refractivity contribution is 0.811. The summed E-state index contributed by atoms with van der Waals surface area (Å²) in [6.45, 7) is 3.93. The number of hydrogen-bond donors (Lipinski definition) is 2. The zero-order valence-corrected chi connectivity index (χ0v) is 12.3. The van der Waals surface area contributed by atoms with E-state index in [1.165, 1.54) is 0 Å².